The molecule has 1 saturated carbocycles. The summed E-state index contributed by atoms with van der Waals surface area (Å²) < 4.78 is 65.2. The molecule has 2 saturated heterocycles. The summed E-state index contributed by atoms with van der Waals surface area (Å²) in [4.78, 5) is 0. The van der Waals surface area contributed by atoms with Gasteiger partial charge in [-0.25, -0.2) is 16.8 Å². The second-order valence-electron chi connectivity index (χ2n) is 9.49. The van der Waals surface area contributed by atoms with Gasteiger partial charge in [-0.2, -0.15) is 0 Å². The first-order chi connectivity index (χ1) is 17.9. The van der Waals surface area contributed by atoms with E-state index in [0.29, 0.717) is 0 Å². The third-order valence-corrected chi connectivity index (χ3v) is 7.92. The number of rotatable bonds is 14. The van der Waals surface area contributed by atoms with Crippen LogP contribution < -0.4 is 102 Å². The van der Waals surface area contributed by atoms with Crippen LogP contribution in [0.1, 0.15) is 25.7 Å². The second-order valence-corrected chi connectivity index (χ2v) is 12.5. The van der Waals surface area contributed by atoms with Crippen molar-refractivity contribution in [1.82, 2.24) is 63.8 Å². The fourth-order valence-corrected chi connectivity index (χ4v) is 5.34. The maximum absolute atomic E-state index is 10.9. The largest absolute Gasteiger partial charge is 1.00 e. The summed E-state index contributed by atoms with van der Waals surface area (Å²) in [6.45, 7) is 0.0510. The third kappa shape index (κ3) is 14.8. The van der Waals surface area contributed by atoms with Crippen molar-refractivity contribution in [2.24, 2.45) is 0 Å². The standard InChI is InChI=1S/C18H44N12O6S2.2Li/c1-19-13-25-15(21-7-9-37(31,32)33)29-17(27-13)23-11-3-5-12(6-4-11)24-18-28-14(20-2)26-16(30-18)22-8-10-38(34,35)36;;/h11-30H,3-10H2,1-2H3,(H,31,32,33)(H,34,35,36);;/q;2*+1/p-2. The Bertz CT molecular complexity index is 860. The maximum atomic E-state index is 10.9. The van der Waals surface area contributed by atoms with Crippen LogP contribution in [0.15, 0.2) is 0 Å². The molecule has 6 unspecified atom stereocenters. The summed E-state index contributed by atoms with van der Waals surface area (Å²) in [5.41, 5.74) is 0. The summed E-state index contributed by atoms with van der Waals surface area (Å²) >= 11 is 0. The minimum atomic E-state index is -4.29. The summed E-state index contributed by atoms with van der Waals surface area (Å²) in [5, 5.41) is 38.8. The van der Waals surface area contributed by atoms with Crippen LogP contribution in [0, 0.1) is 0 Å². The van der Waals surface area contributed by atoms with E-state index >= 15 is 0 Å². The van der Waals surface area contributed by atoms with Crippen LogP contribution in [-0.2, 0) is 20.2 Å². The quantitative estimate of drug-likeness (QED) is 0.0652. The van der Waals surface area contributed by atoms with Crippen LogP contribution in [0.3, 0.4) is 0 Å². The van der Waals surface area contributed by atoms with E-state index in [4.69, 9.17) is 0 Å². The normalized spacial score (nSPS) is 33.5. The van der Waals surface area contributed by atoms with E-state index in [1.54, 1.807) is 14.1 Å². The zero-order valence-electron chi connectivity index (χ0n) is 23.5. The Morgan fingerprint density at radius 3 is 1.18 bits per heavy atom. The molecule has 3 aliphatic rings. The minimum Gasteiger partial charge on any atom is -0.748 e. The Kier molecular flexibility index (Phi) is 17.7. The number of hydrogen-bond donors (Lipinski definition) is 12. The number of nitrogens with one attached hydrogen (secondary N) is 12. The van der Waals surface area contributed by atoms with Gasteiger partial charge in [0.1, 0.15) is 37.7 Å². The smallest absolute Gasteiger partial charge is 0.748 e. The van der Waals surface area contributed by atoms with Crippen molar-refractivity contribution < 1.29 is 63.7 Å². The van der Waals surface area contributed by atoms with Crippen LogP contribution in [0.2, 0.25) is 0 Å². The number of hydrogen-bond acceptors (Lipinski definition) is 18. The van der Waals surface area contributed by atoms with Crippen molar-refractivity contribution in [3.8, 4) is 0 Å². The Hall–Kier alpha value is 0.535. The zero-order chi connectivity index (χ0) is 27.8. The van der Waals surface area contributed by atoms with E-state index in [2.05, 4.69) is 63.8 Å². The Morgan fingerprint density at radius 2 is 0.875 bits per heavy atom. The predicted octanol–water partition coefficient (Wildman–Crippen LogP) is -12.5. The predicted molar refractivity (Wildman–Crippen MR) is 137 cm³/mol. The summed E-state index contributed by atoms with van der Waals surface area (Å²) in [7, 11) is -5.00. The molecule has 0 bridgehead atoms. The molecular formula is C18H42Li2N12O6S2. The molecule has 0 amide bonds. The minimum absolute atomic E-state index is 0. The summed E-state index contributed by atoms with van der Waals surface area (Å²) in [6.07, 6.45) is 1.90. The van der Waals surface area contributed by atoms with Crippen molar-refractivity contribution in [2.45, 2.75) is 75.5 Å². The van der Waals surface area contributed by atoms with Crippen LogP contribution >= 0.6 is 0 Å². The van der Waals surface area contributed by atoms with Crippen molar-refractivity contribution in [3.05, 3.63) is 0 Å². The van der Waals surface area contributed by atoms with E-state index in [1.807, 2.05) is 0 Å². The van der Waals surface area contributed by atoms with Gasteiger partial charge in [0.25, 0.3) is 0 Å². The molecule has 40 heavy (non-hydrogen) atoms. The first kappa shape index (κ1) is 38.6. The molecule has 0 spiro atoms. The van der Waals surface area contributed by atoms with Crippen LogP contribution in [0.4, 0.5) is 0 Å². The molecule has 2 heterocycles. The van der Waals surface area contributed by atoms with Crippen LogP contribution in [0.5, 0.6) is 0 Å². The van der Waals surface area contributed by atoms with Crippen molar-refractivity contribution in [1.29, 1.82) is 0 Å². The fraction of sp³-hybridized carbons (Fsp3) is 1.00. The molecule has 224 valence electrons. The summed E-state index contributed by atoms with van der Waals surface area (Å²) in [6, 6.07) is 0.498. The van der Waals surface area contributed by atoms with Gasteiger partial charge in [-0.3, -0.25) is 63.8 Å². The van der Waals surface area contributed by atoms with Gasteiger partial charge in [0.15, 0.2) is 0 Å². The van der Waals surface area contributed by atoms with E-state index < -0.39 is 44.3 Å². The van der Waals surface area contributed by atoms with Gasteiger partial charge >= 0.3 is 37.7 Å². The van der Waals surface area contributed by atoms with Gasteiger partial charge in [0.2, 0.25) is 0 Å². The summed E-state index contributed by atoms with van der Waals surface area (Å²) in [5.74, 6) is -0.984. The molecule has 0 radical (unpaired) electrons. The van der Waals surface area contributed by atoms with Gasteiger partial charge in [-0.15, -0.1) is 0 Å². The van der Waals surface area contributed by atoms with Gasteiger partial charge in [-0.05, 0) is 39.8 Å². The van der Waals surface area contributed by atoms with Gasteiger partial charge in [0.05, 0.1) is 31.7 Å². The Morgan fingerprint density at radius 1 is 0.575 bits per heavy atom. The maximum Gasteiger partial charge on any atom is 1.00 e. The molecular weight excluding hydrogens is 558 g/mol. The van der Waals surface area contributed by atoms with E-state index in [-0.39, 0.29) is 88.1 Å². The first-order valence-corrected chi connectivity index (χ1v) is 15.8. The zero-order valence-corrected chi connectivity index (χ0v) is 25.2. The third-order valence-electron chi connectivity index (χ3n) is 6.51. The molecule has 0 aromatic rings. The molecule has 3 rings (SSSR count). The van der Waals surface area contributed by atoms with E-state index in [1.165, 1.54) is 0 Å². The van der Waals surface area contributed by atoms with E-state index in [9.17, 15) is 25.9 Å². The monoisotopic (exact) mass is 600 g/mol. The fourth-order valence-electron chi connectivity index (χ4n) is 4.60. The molecule has 0 aromatic carbocycles. The van der Waals surface area contributed by atoms with Crippen LogP contribution in [-0.4, -0.2) is 114 Å². The second kappa shape index (κ2) is 18.4. The molecule has 12 N–H and O–H groups in total. The molecule has 3 fully saturated rings. The van der Waals surface area contributed by atoms with Crippen molar-refractivity contribution in [3.63, 3.8) is 0 Å². The molecule has 6 atom stereocenters. The van der Waals surface area contributed by atoms with Crippen molar-refractivity contribution >= 4 is 20.2 Å². The van der Waals surface area contributed by atoms with Gasteiger partial charge in [0, 0.05) is 25.2 Å². The topological polar surface area (TPSA) is 259 Å². The SMILES string of the molecule is CNC1NC(NCCS(=O)(=O)[O-])NC(NC2CCC(NC3NC(NC)NC(NCCS(=O)(=O)[O-])N3)CC2)N1.[Li+].[Li+]. The van der Waals surface area contributed by atoms with Crippen molar-refractivity contribution in [2.75, 3.05) is 38.7 Å². The van der Waals surface area contributed by atoms with Gasteiger partial charge in [-0.1, -0.05) is 0 Å². The van der Waals surface area contributed by atoms with Crippen LogP contribution in [0.25, 0.3) is 0 Å². The molecule has 0 aromatic heterocycles. The molecule has 2 aliphatic heterocycles. The van der Waals surface area contributed by atoms with E-state index in [0.717, 1.165) is 25.7 Å². The average Bonchev–Trinajstić information content (AvgIpc) is 2.83. The Balaban J connectivity index is 0.00000400. The molecule has 18 nitrogen and oxygen atoms in total. The molecule has 22 heteroatoms. The Labute approximate surface area is 260 Å². The average molecular weight is 601 g/mol. The van der Waals surface area contributed by atoms with Gasteiger partial charge < -0.3 is 9.11 Å². The first-order valence-electron chi connectivity index (χ1n) is 12.7. The molecule has 1 aliphatic carbocycles.